The third-order valence-corrected chi connectivity index (χ3v) is 4.58. The summed E-state index contributed by atoms with van der Waals surface area (Å²) in [5.41, 5.74) is 7.37. The Labute approximate surface area is 152 Å². The number of hydrogen-bond donors (Lipinski definition) is 1. The number of rotatable bonds is 6. The van der Waals surface area contributed by atoms with E-state index in [1.54, 1.807) is 11.3 Å². The average Bonchev–Trinajstić information content (AvgIpc) is 3.02. The van der Waals surface area contributed by atoms with Crippen molar-refractivity contribution >= 4 is 34.1 Å². The molecular weight excluding hydrogens is 328 g/mol. The van der Waals surface area contributed by atoms with E-state index in [-0.39, 0.29) is 0 Å². The fourth-order valence-electron chi connectivity index (χ4n) is 2.62. The first-order chi connectivity index (χ1) is 12.1. The van der Waals surface area contributed by atoms with Crippen LogP contribution in [0.3, 0.4) is 0 Å². The van der Waals surface area contributed by atoms with Gasteiger partial charge in [-0.1, -0.05) is 30.3 Å². The molecule has 0 saturated carbocycles. The van der Waals surface area contributed by atoms with E-state index in [0.717, 1.165) is 16.4 Å². The van der Waals surface area contributed by atoms with Gasteiger partial charge in [-0.25, -0.2) is 4.98 Å². The summed E-state index contributed by atoms with van der Waals surface area (Å²) in [5, 5.41) is 7.06. The minimum absolute atomic E-state index is 0.372. The molecule has 2 aromatic carbocycles. The first-order valence-electron chi connectivity index (χ1n) is 8.29. The summed E-state index contributed by atoms with van der Waals surface area (Å²) in [4.78, 5) is 6.64. The van der Waals surface area contributed by atoms with Crippen molar-refractivity contribution in [3.8, 4) is 0 Å². The molecule has 3 aromatic rings. The number of aryl methyl sites for hydroxylation is 1. The van der Waals surface area contributed by atoms with Crippen molar-refractivity contribution in [1.82, 2.24) is 4.98 Å². The quantitative estimate of drug-likeness (QED) is 0.475. The van der Waals surface area contributed by atoms with Crippen LogP contribution < -0.4 is 10.3 Å². The summed E-state index contributed by atoms with van der Waals surface area (Å²) in [5.74, 6) is 0. The lowest BCUT2D eigenvalue weighted by Crippen LogP contribution is -2.25. The highest BCUT2D eigenvalue weighted by Crippen LogP contribution is 2.27. The lowest BCUT2D eigenvalue weighted by molar-refractivity contribution is 0.789. The molecule has 0 bridgehead atoms. The molecular formula is C20H22N4S. The van der Waals surface area contributed by atoms with E-state index in [0.29, 0.717) is 6.04 Å². The van der Waals surface area contributed by atoms with Crippen LogP contribution in [0.1, 0.15) is 25.1 Å². The zero-order valence-electron chi connectivity index (χ0n) is 14.7. The van der Waals surface area contributed by atoms with Gasteiger partial charge in [-0.05, 0) is 50.6 Å². The lowest BCUT2D eigenvalue weighted by atomic mass is 10.1. The minimum atomic E-state index is 0.372. The molecule has 0 aliphatic rings. The van der Waals surface area contributed by atoms with Crippen LogP contribution in [-0.2, 0) is 0 Å². The normalized spacial score (nSPS) is 11.2. The highest BCUT2D eigenvalue weighted by atomic mass is 32.1. The number of anilines is 3. The SMILES string of the molecule is Cc1csc(NN=Cc2ccc(N(c3ccccc3)C(C)C)cc2)n1. The van der Waals surface area contributed by atoms with Crippen LogP contribution >= 0.6 is 11.3 Å². The number of benzene rings is 2. The second-order valence-electron chi connectivity index (χ2n) is 6.05. The number of para-hydroxylation sites is 1. The zero-order chi connectivity index (χ0) is 17.6. The third-order valence-electron chi connectivity index (χ3n) is 3.71. The van der Waals surface area contributed by atoms with Crippen molar-refractivity contribution in [3.05, 3.63) is 71.2 Å². The predicted octanol–water partition coefficient (Wildman–Crippen LogP) is 5.44. The molecule has 0 aliphatic heterocycles. The first-order valence-corrected chi connectivity index (χ1v) is 9.17. The Morgan fingerprint density at radius 1 is 1.04 bits per heavy atom. The fourth-order valence-corrected chi connectivity index (χ4v) is 3.26. The largest absolute Gasteiger partial charge is 0.339 e. The number of nitrogens with one attached hydrogen (secondary N) is 1. The maximum absolute atomic E-state index is 4.32. The van der Waals surface area contributed by atoms with Crippen LogP contribution in [0.25, 0.3) is 0 Å². The average molecular weight is 350 g/mol. The van der Waals surface area contributed by atoms with Gasteiger partial charge in [-0.2, -0.15) is 5.10 Å². The van der Waals surface area contributed by atoms with Crippen molar-refractivity contribution in [1.29, 1.82) is 0 Å². The van der Waals surface area contributed by atoms with E-state index in [4.69, 9.17) is 0 Å². The Kier molecular flexibility index (Phi) is 5.46. The standard InChI is InChI=1S/C20H22N4S/c1-15(2)24(18-7-5-4-6-8-18)19-11-9-17(10-12-19)13-21-23-20-22-16(3)14-25-20/h4-15H,1-3H3,(H,22,23). The van der Waals surface area contributed by atoms with Crippen LogP contribution in [0, 0.1) is 6.92 Å². The van der Waals surface area contributed by atoms with Gasteiger partial charge in [0.15, 0.2) is 0 Å². The highest BCUT2D eigenvalue weighted by molar-refractivity contribution is 7.13. The van der Waals surface area contributed by atoms with Crippen molar-refractivity contribution in [2.45, 2.75) is 26.8 Å². The number of hydrogen-bond acceptors (Lipinski definition) is 5. The lowest BCUT2D eigenvalue weighted by Gasteiger charge is -2.29. The smallest absolute Gasteiger partial charge is 0.203 e. The van der Waals surface area contributed by atoms with Crippen LogP contribution in [0.4, 0.5) is 16.5 Å². The summed E-state index contributed by atoms with van der Waals surface area (Å²) in [6.45, 7) is 6.36. The van der Waals surface area contributed by atoms with Crippen LogP contribution in [0.5, 0.6) is 0 Å². The number of aromatic nitrogens is 1. The predicted molar refractivity (Wildman–Crippen MR) is 108 cm³/mol. The monoisotopic (exact) mass is 350 g/mol. The topological polar surface area (TPSA) is 40.5 Å². The molecule has 25 heavy (non-hydrogen) atoms. The fraction of sp³-hybridized carbons (Fsp3) is 0.200. The van der Waals surface area contributed by atoms with Gasteiger partial charge in [0.25, 0.3) is 0 Å². The van der Waals surface area contributed by atoms with Gasteiger partial charge in [-0.3, -0.25) is 5.43 Å². The summed E-state index contributed by atoms with van der Waals surface area (Å²) in [6.07, 6.45) is 1.81. The van der Waals surface area contributed by atoms with Gasteiger partial charge >= 0.3 is 0 Å². The zero-order valence-corrected chi connectivity index (χ0v) is 15.5. The van der Waals surface area contributed by atoms with E-state index in [1.807, 2.05) is 24.6 Å². The van der Waals surface area contributed by atoms with Gasteiger partial charge in [0.1, 0.15) is 0 Å². The van der Waals surface area contributed by atoms with Gasteiger partial charge in [0.05, 0.1) is 11.9 Å². The summed E-state index contributed by atoms with van der Waals surface area (Å²) in [7, 11) is 0. The summed E-state index contributed by atoms with van der Waals surface area (Å²) in [6, 6.07) is 19.2. The molecule has 128 valence electrons. The number of hydrazone groups is 1. The summed E-state index contributed by atoms with van der Waals surface area (Å²) < 4.78 is 0. The van der Waals surface area contributed by atoms with Crippen molar-refractivity contribution in [2.24, 2.45) is 5.10 Å². The van der Waals surface area contributed by atoms with Gasteiger partial charge in [-0.15, -0.1) is 11.3 Å². The number of nitrogens with zero attached hydrogens (tertiary/aromatic N) is 3. The number of thiazole rings is 1. The molecule has 0 amide bonds. The second kappa shape index (κ2) is 7.94. The van der Waals surface area contributed by atoms with E-state index < -0.39 is 0 Å². The van der Waals surface area contributed by atoms with E-state index in [2.05, 4.69) is 82.8 Å². The molecule has 5 heteroatoms. The molecule has 0 aliphatic carbocycles. The Balaban J connectivity index is 1.72. The van der Waals surface area contributed by atoms with Crippen LogP contribution in [0.15, 0.2) is 65.1 Å². The Bertz CT molecular complexity index is 822. The van der Waals surface area contributed by atoms with E-state index in [1.165, 1.54) is 11.4 Å². The van der Waals surface area contributed by atoms with E-state index >= 15 is 0 Å². The molecule has 0 unspecified atom stereocenters. The minimum Gasteiger partial charge on any atom is -0.339 e. The maximum atomic E-state index is 4.32. The molecule has 0 spiro atoms. The van der Waals surface area contributed by atoms with Gasteiger partial charge < -0.3 is 4.90 Å². The molecule has 3 rings (SSSR count). The van der Waals surface area contributed by atoms with Crippen molar-refractivity contribution in [3.63, 3.8) is 0 Å². The Morgan fingerprint density at radius 2 is 1.72 bits per heavy atom. The Morgan fingerprint density at radius 3 is 2.32 bits per heavy atom. The Hall–Kier alpha value is -2.66. The molecule has 0 fully saturated rings. The molecule has 0 saturated heterocycles. The van der Waals surface area contributed by atoms with E-state index in [9.17, 15) is 0 Å². The molecule has 4 nitrogen and oxygen atoms in total. The third kappa shape index (κ3) is 4.45. The maximum Gasteiger partial charge on any atom is 0.203 e. The molecule has 0 radical (unpaired) electrons. The van der Waals surface area contributed by atoms with Gasteiger partial charge in [0, 0.05) is 22.8 Å². The first kappa shape index (κ1) is 17.2. The second-order valence-corrected chi connectivity index (χ2v) is 6.91. The van der Waals surface area contributed by atoms with Crippen molar-refractivity contribution < 1.29 is 0 Å². The molecule has 1 heterocycles. The van der Waals surface area contributed by atoms with Crippen LogP contribution in [-0.4, -0.2) is 17.2 Å². The van der Waals surface area contributed by atoms with Gasteiger partial charge in [0.2, 0.25) is 5.13 Å². The highest BCUT2D eigenvalue weighted by Gasteiger charge is 2.12. The molecule has 1 N–H and O–H groups in total. The molecule has 0 atom stereocenters. The van der Waals surface area contributed by atoms with Crippen molar-refractivity contribution in [2.75, 3.05) is 10.3 Å². The van der Waals surface area contributed by atoms with Crippen LogP contribution in [0.2, 0.25) is 0 Å². The molecule has 1 aromatic heterocycles. The summed E-state index contributed by atoms with van der Waals surface area (Å²) >= 11 is 1.55.